The molecule has 1 heterocycles. The van der Waals surface area contributed by atoms with Crippen molar-refractivity contribution in [2.75, 3.05) is 13.4 Å². The molecule has 0 aliphatic heterocycles. The van der Waals surface area contributed by atoms with Crippen LogP contribution in [-0.2, 0) is 5.88 Å². The molecule has 0 saturated heterocycles. The van der Waals surface area contributed by atoms with E-state index in [1.807, 2.05) is 6.26 Å². The molecule has 1 rings (SSSR count). The van der Waals surface area contributed by atoms with Gasteiger partial charge in [-0.2, -0.15) is 4.98 Å². The highest BCUT2D eigenvalue weighted by atomic mass is 35.5. The van der Waals surface area contributed by atoms with E-state index < -0.39 is 0 Å². The summed E-state index contributed by atoms with van der Waals surface area (Å²) in [6.45, 7) is 0. The molecule has 0 aliphatic rings. The van der Waals surface area contributed by atoms with E-state index >= 15 is 0 Å². The Bertz CT molecular complexity index is 309. The molecule has 0 spiro atoms. The summed E-state index contributed by atoms with van der Waals surface area (Å²) in [5.74, 6) is 0.691. The monoisotopic (exact) mass is 238 g/mol. The van der Waals surface area contributed by atoms with Crippen LogP contribution in [0.1, 0.15) is 5.56 Å². The molecule has 0 aliphatic carbocycles. The lowest BCUT2D eigenvalue weighted by Crippen LogP contribution is -1.98. The van der Waals surface area contributed by atoms with Gasteiger partial charge in [0.2, 0.25) is 5.88 Å². The van der Waals surface area contributed by atoms with Crippen molar-refractivity contribution >= 4 is 35.0 Å². The number of hydrogen-bond acceptors (Lipinski definition) is 4. The maximum absolute atomic E-state index is 5.86. The van der Waals surface area contributed by atoms with Crippen LogP contribution in [0.5, 0.6) is 5.88 Å². The number of halogens is 2. The highest BCUT2D eigenvalue weighted by Crippen LogP contribution is 2.26. The van der Waals surface area contributed by atoms with Crippen LogP contribution in [-0.4, -0.2) is 23.3 Å². The molecule has 0 saturated carbocycles. The summed E-state index contributed by atoms with van der Waals surface area (Å²) >= 11 is 12.9. The molecule has 0 fully saturated rings. The fourth-order valence-electron chi connectivity index (χ4n) is 0.791. The van der Waals surface area contributed by atoms with Gasteiger partial charge in [0.1, 0.15) is 5.15 Å². The summed E-state index contributed by atoms with van der Waals surface area (Å²) in [4.78, 5) is 8.13. The lowest BCUT2D eigenvalue weighted by molar-refractivity contribution is 0.388. The maximum Gasteiger partial charge on any atom is 0.223 e. The first-order valence-electron chi connectivity index (χ1n) is 3.43. The average Bonchev–Trinajstić information content (AvgIpc) is 2.16. The van der Waals surface area contributed by atoms with Crippen molar-refractivity contribution in [1.29, 1.82) is 0 Å². The van der Waals surface area contributed by atoms with E-state index in [2.05, 4.69) is 9.97 Å². The van der Waals surface area contributed by atoms with Gasteiger partial charge in [-0.15, -0.1) is 11.6 Å². The van der Waals surface area contributed by atoms with Gasteiger partial charge in [0.05, 0.1) is 18.6 Å². The molecule has 0 N–H and O–H groups in total. The third kappa shape index (κ3) is 2.39. The molecular formula is C7H8Cl2N2OS. The van der Waals surface area contributed by atoms with E-state index in [0.717, 1.165) is 0 Å². The quantitative estimate of drug-likeness (QED) is 0.351. The second-order valence-corrected chi connectivity index (χ2v) is 3.52. The van der Waals surface area contributed by atoms with Crippen molar-refractivity contribution in [2.45, 2.75) is 11.0 Å². The van der Waals surface area contributed by atoms with Crippen LogP contribution in [0.2, 0.25) is 5.15 Å². The normalized spacial score (nSPS) is 10.2. The average molecular weight is 239 g/mol. The Balaban J connectivity index is 3.20. The van der Waals surface area contributed by atoms with Crippen molar-refractivity contribution in [3.05, 3.63) is 10.7 Å². The third-order valence-corrected chi connectivity index (χ3v) is 2.54. The summed E-state index contributed by atoms with van der Waals surface area (Å²) in [5, 5.41) is 0.932. The number of hydrogen-bond donors (Lipinski definition) is 0. The Morgan fingerprint density at radius 3 is 2.62 bits per heavy atom. The SMILES string of the molecule is COc1nc(SC)nc(Cl)c1CCl. The van der Waals surface area contributed by atoms with Crippen LogP contribution in [0.25, 0.3) is 0 Å². The molecular weight excluding hydrogens is 231 g/mol. The van der Waals surface area contributed by atoms with Crippen molar-refractivity contribution in [2.24, 2.45) is 0 Å². The molecule has 0 aromatic carbocycles. The summed E-state index contributed by atoms with van der Waals surface area (Å²) in [6.07, 6.45) is 1.87. The molecule has 0 radical (unpaired) electrons. The van der Waals surface area contributed by atoms with Crippen molar-refractivity contribution in [3.8, 4) is 5.88 Å². The van der Waals surface area contributed by atoms with Crippen molar-refractivity contribution in [1.82, 2.24) is 9.97 Å². The van der Waals surface area contributed by atoms with Gasteiger partial charge in [-0.25, -0.2) is 4.98 Å². The zero-order chi connectivity index (χ0) is 9.84. The van der Waals surface area contributed by atoms with Crippen molar-refractivity contribution in [3.63, 3.8) is 0 Å². The van der Waals surface area contributed by atoms with Crippen LogP contribution in [0.4, 0.5) is 0 Å². The predicted octanol–water partition coefficient (Wildman–Crippen LogP) is 2.60. The standard InChI is InChI=1S/C7H8Cl2N2OS/c1-12-6-4(3-8)5(9)10-7(11-6)13-2/h3H2,1-2H3. The van der Waals surface area contributed by atoms with Gasteiger partial charge in [-0.3, -0.25) is 0 Å². The second-order valence-electron chi connectivity index (χ2n) is 2.12. The molecule has 0 atom stereocenters. The van der Waals surface area contributed by atoms with Crippen LogP contribution in [0, 0.1) is 0 Å². The van der Waals surface area contributed by atoms with E-state index in [0.29, 0.717) is 21.8 Å². The molecule has 0 bridgehead atoms. The minimum atomic E-state index is 0.247. The first-order chi connectivity index (χ1) is 6.22. The van der Waals surface area contributed by atoms with E-state index in [-0.39, 0.29) is 5.88 Å². The van der Waals surface area contributed by atoms with Gasteiger partial charge in [0.15, 0.2) is 5.16 Å². The van der Waals surface area contributed by atoms with E-state index in [1.165, 1.54) is 18.9 Å². The zero-order valence-electron chi connectivity index (χ0n) is 7.17. The Morgan fingerprint density at radius 2 is 2.15 bits per heavy atom. The van der Waals surface area contributed by atoms with E-state index in [4.69, 9.17) is 27.9 Å². The first-order valence-corrected chi connectivity index (χ1v) is 5.57. The second kappa shape index (κ2) is 4.88. The minimum Gasteiger partial charge on any atom is -0.481 e. The number of aromatic nitrogens is 2. The Hall–Kier alpha value is -0.190. The summed E-state index contributed by atoms with van der Waals surface area (Å²) in [5.41, 5.74) is 0.628. The number of thioether (sulfide) groups is 1. The molecule has 6 heteroatoms. The summed E-state index contributed by atoms with van der Waals surface area (Å²) in [6, 6.07) is 0. The summed E-state index contributed by atoms with van der Waals surface area (Å²) in [7, 11) is 1.53. The van der Waals surface area contributed by atoms with E-state index in [9.17, 15) is 0 Å². The Morgan fingerprint density at radius 1 is 1.46 bits per heavy atom. The highest BCUT2D eigenvalue weighted by molar-refractivity contribution is 7.98. The van der Waals surface area contributed by atoms with Gasteiger partial charge in [0.25, 0.3) is 0 Å². The number of rotatable bonds is 3. The van der Waals surface area contributed by atoms with Gasteiger partial charge in [-0.1, -0.05) is 23.4 Å². The number of alkyl halides is 1. The molecule has 1 aromatic rings. The van der Waals surface area contributed by atoms with Gasteiger partial charge < -0.3 is 4.74 Å². The van der Waals surface area contributed by atoms with Crippen LogP contribution in [0.15, 0.2) is 5.16 Å². The Labute approximate surface area is 90.8 Å². The third-order valence-electron chi connectivity index (χ3n) is 1.41. The largest absolute Gasteiger partial charge is 0.481 e. The number of ether oxygens (including phenoxy) is 1. The molecule has 3 nitrogen and oxygen atoms in total. The first kappa shape index (κ1) is 10.9. The fourth-order valence-corrected chi connectivity index (χ4v) is 1.74. The lowest BCUT2D eigenvalue weighted by Gasteiger charge is -2.06. The molecule has 0 amide bonds. The molecule has 13 heavy (non-hydrogen) atoms. The number of nitrogens with zero attached hydrogens (tertiary/aromatic N) is 2. The van der Waals surface area contributed by atoms with Gasteiger partial charge in [0, 0.05) is 0 Å². The minimum absolute atomic E-state index is 0.247. The maximum atomic E-state index is 5.86. The van der Waals surface area contributed by atoms with Gasteiger partial charge >= 0.3 is 0 Å². The van der Waals surface area contributed by atoms with Crippen LogP contribution >= 0.6 is 35.0 Å². The van der Waals surface area contributed by atoms with E-state index in [1.54, 1.807) is 0 Å². The Kier molecular flexibility index (Phi) is 4.09. The van der Waals surface area contributed by atoms with Gasteiger partial charge in [-0.05, 0) is 6.26 Å². The molecule has 1 aromatic heterocycles. The topological polar surface area (TPSA) is 35.0 Å². The zero-order valence-corrected chi connectivity index (χ0v) is 9.50. The molecule has 72 valence electrons. The summed E-state index contributed by atoms with van der Waals surface area (Å²) < 4.78 is 5.03. The molecule has 0 unspecified atom stereocenters. The van der Waals surface area contributed by atoms with Crippen LogP contribution in [0.3, 0.4) is 0 Å². The van der Waals surface area contributed by atoms with Crippen molar-refractivity contribution < 1.29 is 4.74 Å². The lowest BCUT2D eigenvalue weighted by atomic mass is 10.4. The highest BCUT2D eigenvalue weighted by Gasteiger charge is 2.11. The predicted molar refractivity (Wildman–Crippen MR) is 54.9 cm³/mol. The smallest absolute Gasteiger partial charge is 0.223 e. The van der Waals surface area contributed by atoms with Crippen LogP contribution < -0.4 is 4.74 Å². The number of methoxy groups -OCH3 is 1. The fraction of sp³-hybridized carbons (Fsp3) is 0.429.